The molecule has 160 valence electrons. The summed E-state index contributed by atoms with van der Waals surface area (Å²) in [6, 6.07) is 12.2. The quantitative estimate of drug-likeness (QED) is 0.433. The van der Waals surface area contributed by atoms with Gasteiger partial charge in [0.15, 0.2) is 5.82 Å². The summed E-state index contributed by atoms with van der Waals surface area (Å²) in [5, 5.41) is 10.6. The van der Waals surface area contributed by atoms with Crippen LogP contribution in [0.15, 0.2) is 36.4 Å². The van der Waals surface area contributed by atoms with E-state index in [1.165, 1.54) is 29.3 Å². The van der Waals surface area contributed by atoms with E-state index in [1.54, 1.807) is 13.2 Å². The van der Waals surface area contributed by atoms with E-state index in [1.807, 2.05) is 13.1 Å². The molecule has 0 bridgehead atoms. The molecule has 6 heteroatoms. The molecule has 31 heavy (non-hydrogen) atoms. The molecular weight excluding hydrogens is 390 g/mol. The van der Waals surface area contributed by atoms with Gasteiger partial charge in [-0.25, -0.2) is 4.98 Å². The highest BCUT2D eigenvalue weighted by Gasteiger charge is 2.26. The maximum Gasteiger partial charge on any atom is 0.157 e. The van der Waals surface area contributed by atoms with E-state index >= 15 is 0 Å². The number of hydrogen-bond donors (Lipinski definition) is 1. The van der Waals surface area contributed by atoms with Gasteiger partial charge < -0.3 is 19.0 Å². The van der Waals surface area contributed by atoms with Crippen LogP contribution in [0.25, 0.3) is 33.5 Å². The van der Waals surface area contributed by atoms with Crippen LogP contribution in [0.2, 0.25) is 0 Å². The minimum Gasteiger partial charge on any atom is -0.494 e. The first-order chi connectivity index (χ1) is 15.1. The molecule has 1 aliphatic carbocycles. The lowest BCUT2D eigenvalue weighted by molar-refractivity contribution is 0.112. The summed E-state index contributed by atoms with van der Waals surface area (Å²) < 4.78 is 10.1. The van der Waals surface area contributed by atoms with Crippen molar-refractivity contribution >= 4 is 28.2 Å². The number of fused-ring (bicyclic) bond motifs is 2. The average molecular weight is 418 g/mol. The summed E-state index contributed by atoms with van der Waals surface area (Å²) in [5.74, 6) is 2.21. The second-order valence-electron chi connectivity index (χ2n) is 8.47. The van der Waals surface area contributed by atoms with E-state index in [2.05, 4.69) is 33.4 Å². The summed E-state index contributed by atoms with van der Waals surface area (Å²) in [4.78, 5) is 16.3. The van der Waals surface area contributed by atoms with Crippen molar-refractivity contribution in [1.82, 2.24) is 14.1 Å². The minimum atomic E-state index is 0.191. The Kier molecular flexibility index (Phi) is 5.02. The van der Waals surface area contributed by atoms with Gasteiger partial charge in [0.2, 0.25) is 0 Å². The number of nitrogens with zero attached hydrogens (tertiary/aromatic N) is 3. The lowest BCUT2D eigenvalue weighted by Gasteiger charge is -2.13. The second kappa shape index (κ2) is 7.85. The van der Waals surface area contributed by atoms with Crippen LogP contribution in [-0.4, -0.2) is 39.2 Å². The molecule has 1 saturated carbocycles. The number of aliphatic hydroxyl groups is 1. The van der Waals surface area contributed by atoms with Crippen LogP contribution in [-0.2, 0) is 20.0 Å². The zero-order valence-corrected chi connectivity index (χ0v) is 18.0. The van der Waals surface area contributed by atoms with Crippen LogP contribution in [0.3, 0.4) is 0 Å². The van der Waals surface area contributed by atoms with E-state index in [0.29, 0.717) is 17.2 Å². The normalized spacial score (nSPS) is 13.9. The third-order valence-corrected chi connectivity index (χ3v) is 6.29. The number of aldehydes is 1. The van der Waals surface area contributed by atoms with Gasteiger partial charge >= 0.3 is 0 Å². The second-order valence-corrected chi connectivity index (χ2v) is 8.47. The fraction of sp³-hybridized carbons (Fsp3) is 0.360. The van der Waals surface area contributed by atoms with Crippen molar-refractivity contribution in [2.24, 2.45) is 13.0 Å². The maximum atomic E-state index is 11.4. The third-order valence-electron chi connectivity index (χ3n) is 6.29. The molecule has 5 rings (SSSR count). The number of hydrogen-bond acceptors (Lipinski definition) is 4. The number of aryl methyl sites for hydroxylation is 2. The van der Waals surface area contributed by atoms with Crippen LogP contribution in [0.1, 0.15) is 35.2 Å². The molecular formula is C25H27N3O3. The highest BCUT2D eigenvalue weighted by atomic mass is 16.5. The number of carbonyl (C=O) groups is 1. The van der Waals surface area contributed by atoms with Crippen molar-refractivity contribution in [2.45, 2.75) is 32.2 Å². The van der Waals surface area contributed by atoms with E-state index < -0.39 is 0 Å². The van der Waals surface area contributed by atoms with E-state index in [-0.39, 0.29) is 6.61 Å². The van der Waals surface area contributed by atoms with Crippen molar-refractivity contribution in [1.29, 1.82) is 0 Å². The van der Waals surface area contributed by atoms with Gasteiger partial charge in [-0.2, -0.15) is 0 Å². The molecule has 2 heterocycles. The summed E-state index contributed by atoms with van der Waals surface area (Å²) in [5.41, 5.74) is 5.77. The fourth-order valence-corrected chi connectivity index (χ4v) is 4.59. The number of aliphatic hydroxyl groups excluding tert-OH is 1. The van der Waals surface area contributed by atoms with Crippen molar-refractivity contribution in [2.75, 3.05) is 13.7 Å². The van der Waals surface area contributed by atoms with Gasteiger partial charge in [0.05, 0.1) is 23.8 Å². The Bertz CT molecular complexity index is 1280. The first-order valence-corrected chi connectivity index (χ1v) is 10.9. The first-order valence-electron chi connectivity index (χ1n) is 10.9. The third kappa shape index (κ3) is 3.41. The number of carbonyl (C=O) groups excluding carboxylic acids is 1. The SMILES string of the molecule is COc1cc(C=O)cc2nc(-c3cc4cccc(CCCO)c4n3CC3CC3)n(C)c12. The topological polar surface area (TPSA) is 69.3 Å². The molecule has 1 N–H and O–H groups in total. The standard InChI is InChI=1S/C25H27N3O3/c1-27-24-20(11-17(15-30)12-22(24)31-2)26-25(27)21-13-19-6-3-5-18(7-4-10-29)23(19)28(21)14-16-8-9-16/h3,5-6,11-13,15-16,29H,4,7-10,14H2,1-2H3. The van der Waals surface area contributed by atoms with Crippen molar-refractivity contribution in [3.63, 3.8) is 0 Å². The summed E-state index contributed by atoms with van der Waals surface area (Å²) in [7, 11) is 3.62. The number of ether oxygens (including phenoxy) is 1. The molecule has 2 aromatic carbocycles. The molecule has 0 radical (unpaired) electrons. The van der Waals surface area contributed by atoms with Gasteiger partial charge in [-0.15, -0.1) is 0 Å². The summed E-state index contributed by atoms with van der Waals surface area (Å²) in [6.07, 6.45) is 4.95. The number of imidazole rings is 1. The number of rotatable bonds is 8. The smallest absolute Gasteiger partial charge is 0.157 e. The Balaban J connectivity index is 1.75. The zero-order chi connectivity index (χ0) is 21.5. The molecule has 1 aliphatic rings. The molecule has 0 amide bonds. The van der Waals surface area contributed by atoms with E-state index in [9.17, 15) is 9.90 Å². The zero-order valence-electron chi connectivity index (χ0n) is 18.0. The van der Waals surface area contributed by atoms with Gasteiger partial charge in [0.1, 0.15) is 17.6 Å². The van der Waals surface area contributed by atoms with Gasteiger partial charge in [-0.1, -0.05) is 18.2 Å². The molecule has 6 nitrogen and oxygen atoms in total. The number of aromatic nitrogens is 3. The molecule has 0 aliphatic heterocycles. The minimum absolute atomic E-state index is 0.191. The first kappa shape index (κ1) is 19.8. The van der Waals surface area contributed by atoms with Gasteiger partial charge in [-0.3, -0.25) is 4.79 Å². The Morgan fingerprint density at radius 3 is 2.77 bits per heavy atom. The molecule has 0 spiro atoms. The summed E-state index contributed by atoms with van der Waals surface area (Å²) >= 11 is 0. The van der Waals surface area contributed by atoms with Crippen LogP contribution >= 0.6 is 0 Å². The number of methoxy groups -OCH3 is 1. The van der Waals surface area contributed by atoms with E-state index in [4.69, 9.17) is 9.72 Å². The molecule has 4 aromatic rings. The van der Waals surface area contributed by atoms with Crippen molar-refractivity contribution in [3.05, 3.63) is 47.5 Å². The highest BCUT2D eigenvalue weighted by Crippen LogP contribution is 2.38. The van der Waals surface area contributed by atoms with Crippen LogP contribution in [0.5, 0.6) is 5.75 Å². The predicted octanol–water partition coefficient (Wildman–Crippen LogP) is 4.35. The number of benzene rings is 2. The fourth-order valence-electron chi connectivity index (χ4n) is 4.59. The molecule has 1 fully saturated rings. The van der Waals surface area contributed by atoms with Crippen LogP contribution in [0, 0.1) is 5.92 Å². The lowest BCUT2D eigenvalue weighted by atomic mass is 10.1. The molecule has 2 aromatic heterocycles. The Morgan fingerprint density at radius 2 is 2.06 bits per heavy atom. The Labute approximate surface area is 181 Å². The average Bonchev–Trinajstić information content (AvgIpc) is 3.45. The molecule has 0 unspecified atom stereocenters. The van der Waals surface area contributed by atoms with Gasteiger partial charge in [0, 0.05) is 31.1 Å². The van der Waals surface area contributed by atoms with Gasteiger partial charge in [0.25, 0.3) is 0 Å². The highest BCUT2D eigenvalue weighted by molar-refractivity contribution is 5.94. The number of para-hydroxylation sites is 1. The van der Waals surface area contributed by atoms with Crippen molar-refractivity contribution < 1.29 is 14.6 Å². The largest absolute Gasteiger partial charge is 0.494 e. The predicted molar refractivity (Wildman–Crippen MR) is 122 cm³/mol. The van der Waals surface area contributed by atoms with Crippen LogP contribution in [0.4, 0.5) is 0 Å². The Hall–Kier alpha value is -3.12. The van der Waals surface area contributed by atoms with Crippen LogP contribution < -0.4 is 4.74 Å². The summed E-state index contributed by atoms with van der Waals surface area (Å²) in [6.45, 7) is 1.16. The van der Waals surface area contributed by atoms with Gasteiger partial charge in [-0.05, 0) is 55.4 Å². The maximum absolute atomic E-state index is 11.4. The monoisotopic (exact) mass is 417 g/mol. The molecule has 0 atom stereocenters. The molecule has 0 saturated heterocycles. The Morgan fingerprint density at radius 1 is 1.23 bits per heavy atom. The lowest BCUT2D eigenvalue weighted by Crippen LogP contribution is -2.06. The van der Waals surface area contributed by atoms with E-state index in [0.717, 1.165) is 48.2 Å². The van der Waals surface area contributed by atoms with Crippen molar-refractivity contribution in [3.8, 4) is 17.3 Å².